The number of fused-ring (bicyclic) bond motifs is 2. The molecule has 1 aliphatic heterocycles. The van der Waals surface area contributed by atoms with Crippen LogP contribution < -0.4 is 14.8 Å². The van der Waals surface area contributed by atoms with Crippen LogP contribution in [0.1, 0.15) is 62.0 Å². The van der Waals surface area contributed by atoms with Crippen LogP contribution in [0.3, 0.4) is 0 Å². The van der Waals surface area contributed by atoms with Gasteiger partial charge in [0.15, 0.2) is 0 Å². The largest absolute Gasteiger partial charge is 0.490 e. The molecule has 0 aromatic heterocycles. The number of rotatable bonds is 23. The summed E-state index contributed by atoms with van der Waals surface area (Å²) < 4.78 is 25.6. The minimum atomic E-state index is -1.36. The molecular weight excluding hydrogens is 702 g/mol. The first-order valence-electron chi connectivity index (χ1n) is 19.6. The van der Waals surface area contributed by atoms with Crippen molar-refractivity contribution >= 4 is 11.7 Å². The SMILES string of the molecule is C=CCOc1ccc2c(c1)C1C(CCCCO)C(CCCCO)C=C3C(=NOCc4ccccc4)CC(N(C)C(=O)NCCOCCO)C(OCC=C)(O2)C31. The fourth-order valence-corrected chi connectivity index (χ4v) is 8.39. The molecule has 2 aliphatic carbocycles. The number of hydrogen-bond donors (Lipinski definition) is 4. The lowest BCUT2D eigenvalue weighted by Crippen LogP contribution is -2.70. The van der Waals surface area contributed by atoms with E-state index in [0.717, 1.165) is 42.4 Å². The first-order valence-corrected chi connectivity index (χ1v) is 19.6. The second-order valence-electron chi connectivity index (χ2n) is 14.3. The zero-order valence-electron chi connectivity index (χ0n) is 32.2. The van der Waals surface area contributed by atoms with Crippen molar-refractivity contribution in [2.75, 3.05) is 59.8 Å². The Morgan fingerprint density at radius 3 is 2.49 bits per heavy atom. The second-order valence-corrected chi connectivity index (χ2v) is 14.3. The van der Waals surface area contributed by atoms with Gasteiger partial charge >= 0.3 is 6.03 Å². The number of ether oxygens (including phenoxy) is 4. The van der Waals surface area contributed by atoms with Crippen molar-refractivity contribution in [3.05, 3.63) is 96.6 Å². The Balaban J connectivity index is 1.68. The van der Waals surface area contributed by atoms with E-state index in [2.05, 4.69) is 30.6 Å². The maximum absolute atomic E-state index is 14.0. The van der Waals surface area contributed by atoms with E-state index in [1.807, 2.05) is 42.5 Å². The molecule has 2 aromatic carbocycles. The number of nitrogens with one attached hydrogen (secondary N) is 1. The first kappa shape index (κ1) is 42.0. The van der Waals surface area contributed by atoms with E-state index in [4.69, 9.17) is 34.0 Å². The number of hydrogen-bond acceptors (Lipinski definition) is 10. The molecule has 5 rings (SSSR count). The summed E-state index contributed by atoms with van der Waals surface area (Å²) in [6.07, 6.45) is 10.7. The van der Waals surface area contributed by atoms with Crippen LogP contribution in [0.15, 0.2) is 90.6 Å². The average molecular weight is 762 g/mol. The number of aliphatic hydroxyl groups is 3. The van der Waals surface area contributed by atoms with Crippen molar-refractivity contribution in [1.82, 2.24) is 10.2 Å². The van der Waals surface area contributed by atoms with Gasteiger partial charge in [-0.05, 0) is 66.9 Å². The molecule has 0 saturated heterocycles. The Morgan fingerprint density at radius 1 is 1.00 bits per heavy atom. The fraction of sp³-hybridized carbons (Fsp3) is 0.535. The first-order chi connectivity index (χ1) is 26.9. The molecular formula is C43H59N3O9. The maximum Gasteiger partial charge on any atom is 0.317 e. The second kappa shape index (κ2) is 21.2. The summed E-state index contributed by atoms with van der Waals surface area (Å²) in [7, 11) is 1.74. The van der Waals surface area contributed by atoms with Gasteiger partial charge in [-0.15, -0.1) is 6.58 Å². The number of carbonyl (C=O) groups is 1. The molecule has 0 bridgehead atoms. The van der Waals surface area contributed by atoms with Gasteiger partial charge in [-0.3, -0.25) is 0 Å². The molecule has 1 fully saturated rings. The molecule has 300 valence electrons. The number of unbranched alkanes of at least 4 members (excludes halogenated alkanes) is 2. The van der Waals surface area contributed by atoms with Crippen LogP contribution in [-0.4, -0.2) is 104 Å². The number of urea groups is 1. The molecule has 2 amide bonds. The molecule has 1 heterocycles. The van der Waals surface area contributed by atoms with Gasteiger partial charge in [-0.1, -0.05) is 73.1 Å². The third kappa shape index (κ3) is 10.2. The number of carbonyl (C=O) groups excluding carboxylic acids is 1. The van der Waals surface area contributed by atoms with Crippen LogP contribution >= 0.6 is 0 Å². The predicted octanol–water partition coefficient (Wildman–Crippen LogP) is 5.74. The number of benzene rings is 2. The summed E-state index contributed by atoms with van der Waals surface area (Å²) in [5.74, 6) is -0.404. The van der Waals surface area contributed by atoms with Gasteiger partial charge in [0.05, 0.1) is 38.1 Å². The van der Waals surface area contributed by atoms with E-state index < -0.39 is 17.7 Å². The lowest BCUT2D eigenvalue weighted by Gasteiger charge is -2.59. The van der Waals surface area contributed by atoms with Gasteiger partial charge < -0.3 is 49.3 Å². The number of allylic oxidation sites excluding steroid dienone is 1. The van der Waals surface area contributed by atoms with Gasteiger partial charge in [0.25, 0.3) is 0 Å². The number of likely N-dealkylation sites (N-methyl/N-ethyl adjacent to an activating group) is 1. The number of amides is 2. The monoisotopic (exact) mass is 761 g/mol. The Hall–Kier alpha value is -4.20. The molecule has 12 heteroatoms. The molecule has 0 spiro atoms. The van der Waals surface area contributed by atoms with E-state index >= 15 is 0 Å². The van der Waals surface area contributed by atoms with Gasteiger partial charge in [0.1, 0.15) is 30.8 Å². The van der Waals surface area contributed by atoms with Crippen molar-refractivity contribution in [3.8, 4) is 11.5 Å². The molecule has 2 aromatic rings. The number of oxime groups is 1. The molecule has 0 radical (unpaired) electrons. The average Bonchev–Trinajstić information content (AvgIpc) is 3.20. The van der Waals surface area contributed by atoms with Gasteiger partial charge in [0.2, 0.25) is 5.79 Å². The van der Waals surface area contributed by atoms with Crippen molar-refractivity contribution < 1.29 is 43.9 Å². The van der Waals surface area contributed by atoms with E-state index in [1.54, 1.807) is 24.1 Å². The lowest BCUT2D eigenvalue weighted by atomic mass is 9.55. The standard InChI is InChI=1S/C43H59N3O9/c1-4-23-52-33-17-18-38-36(28-33)40-34(16-10-12-21-48)32(15-9-11-20-47)27-35-37(45-54-30-31-13-7-6-8-14-31)29-39(43(55-38,41(35)40)53-24-5-2)46(3)42(50)44-19-25-51-26-22-49/h4-8,13-14,17-18,27-28,32,34,39-41,47-49H,1-2,9-12,15-16,19-26,29-30H2,3H3,(H,44,50). The van der Waals surface area contributed by atoms with E-state index in [0.29, 0.717) is 36.7 Å². The quantitative estimate of drug-likeness (QED) is 0.0632. The fourth-order valence-electron chi connectivity index (χ4n) is 8.39. The van der Waals surface area contributed by atoms with Crippen molar-refractivity contribution in [1.29, 1.82) is 0 Å². The predicted molar refractivity (Wildman–Crippen MR) is 211 cm³/mol. The summed E-state index contributed by atoms with van der Waals surface area (Å²) in [4.78, 5) is 21.7. The maximum atomic E-state index is 14.0. The minimum absolute atomic E-state index is 0.0936. The molecule has 4 N–H and O–H groups in total. The lowest BCUT2D eigenvalue weighted by molar-refractivity contribution is -0.252. The molecule has 1 saturated carbocycles. The Labute approximate surface area is 325 Å². The Morgan fingerprint density at radius 2 is 1.76 bits per heavy atom. The zero-order valence-corrected chi connectivity index (χ0v) is 32.2. The van der Waals surface area contributed by atoms with Crippen LogP contribution in [0.2, 0.25) is 0 Å². The zero-order chi connectivity index (χ0) is 39.0. The number of aliphatic hydroxyl groups excluding tert-OH is 3. The van der Waals surface area contributed by atoms with Crippen LogP contribution in [0.5, 0.6) is 11.5 Å². The Kier molecular flexibility index (Phi) is 16.2. The van der Waals surface area contributed by atoms with Gasteiger partial charge in [0, 0.05) is 44.7 Å². The van der Waals surface area contributed by atoms with Gasteiger partial charge in [-0.2, -0.15) is 0 Å². The molecule has 55 heavy (non-hydrogen) atoms. The summed E-state index contributed by atoms with van der Waals surface area (Å²) in [5, 5.41) is 36.5. The Bertz CT molecular complexity index is 1600. The molecule has 6 unspecified atom stereocenters. The van der Waals surface area contributed by atoms with E-state index in [1.165, 1.54) is 0 Å². The normalized spacial score (nSPS) is 24.5. The molecule has 6 atom stereocenters. The smallest absolute Gasteiger partial charge is 0.317 e. The van der Waals surface area contributed by atoms with Crippen LogP contribution in [0.25, 0.3) is 0 Å². The number of nitrogens with zero attached hydrogens (tertiary/aromatic N) is 2. The summed E-state index contributed by atoms with van der Waals surface area (Å²) >= 11 is 0. The highest BCUT2D eigenvalue weighted by atomic mass is 16.7. The van der Waals surface area contributed by atoms with Gasteiger partial charge in [-0.25, -0.2) is 4.79 Å². The highest BCUT2D eigenvalue weighted by molar-refractivity contribution is 6.03. The van der Waals surface area contributed by atoms with Crippen LogP contribution in [-0.2, 0) is 20.9 Å². The summed E-state index contributed by atoms with van der Waals surface area (Å²) in [5.41, 5.74) is 3.63. The third-order valence-electron chi connectivity index (χ3n) is 10.8. The van der Waals surface area contributed by atoms with Crippen LogP contribution in [0.4, 0.5) is 4.79 Å². The molecule has 3 aliphatic rings. The highest BCUT2D eigenvalue weighted by Crippen LogP contribution is 2.61. The summed E-state index contributed by atoms with van der Waals surface area (Å²) in [6, 6.07) is 14.7. The highest BCUT2D eigenvalue weighted by Gasteiger charge is 2.65. The molecule has 12 nitrogen and oxygen atoms in total. The topological polar surface area (TPSA) is 152 Å². The van der Waals surface area contributed by atoms with Crippen molar-refractivity contribution in [2.45, 2.75) is 69.3 Å². The van der Waals surface area contributed by atoms with E-state index in [9.17, 15) is 15.0 Å². The minimum Gasteiger partial charge on any atom is -0.490 e. The van der Waals surface area contributed by atoms with E-state index in [-0.39, 0.29) is 83.0 Å². The van der Waals surface area contributed by atoms with Crippen molar-refractivity contribution in [2.24, 2.45) is 22.9 Å². The third-order valence-corrected chi connectivity index (χ3v) is 10.8. The van der Waals surface area contributed by atoms with Crippen LogP contribution in [0, 0.1) is 17.8 Å². The van der Waals surface area contributed by atoms with Crippen molar-refractivity contribution in [3.63, 3.8) is 0 Å². The summed E-state index contributed by atoms with van der Waals surface area (Å²) in [6.45, 7) is 9.38.